The second-order valence-corrected chi connectivity index (χ2v) is 8.37. The van der Waals surface area contributed by atoms with Gasteiger partial charge >= 0.3 is 0 Å². The number of aromatic nitrogens is 2. The van der Waals surface area contributed by atoms with Crippen LogP contribution in [0.3, 0.4) is 0 Å². The molecule has 148 valence electrons. The van der Waals surface area contributed by atoms with Gasteiger partial charge in [-0.05, 0) is 25.0 Å². The summed E-state index contributed by atoms with van der Waals surface area (Å²) in [7, 11) is -0.659. The number of nitrogens with one attached hydrogen (secondary N) is 2. The molecule has 1 amide bonds. The Morgan fingerprint density at radius 2 is 1.93 bits per heavy atom. The molecule has 0 aliphatic heterocycles. The standard InChI is InChI=1S/C18H22N6O3S/c1-12(25)22-15-6-7-16(17(8-15)28(26,27)21-11-24(2)3)13-9-19-18(20-10-13)23-14-4-5-14/h6-11,14H,4-5H2,1-3H3,(H,22,25)(H,19,20,23). The van der Waals surface area contributed by atoms with Crippen molar-refractivity contribution in [3.63, 3.8) is 0 Å². The monoisotopic (exact) mass is 402 g/mol. The summed E-state index contributed by atoms with van der Waals surface area (Å²) < 4.78 is 29.3. The van der Waals surface area contributed by atoms with Gasteiger partial charge in [0.05, 0.1) is 4.90 Å². The van der Waals surface area contributed by atoms with E-state index in [9.17, 15) is 13.2 Å². The van der Waals surface area contributed by atoms with Gasteiger partial charge in [-0.3, -0.25) is 4.79 Å². The minimum Gasteiger partial charge on any atom is -0.368 e. The molecule has 1 aliphatic rings. The van der Waals surface area contributed by atoms with Crippen LogP contribution in [0.15, 0.2) is 39.9 Å². The first-order valence-electron chi connectivity index (χ1n) is 8.72. The average Bonchev–Trinajstić information content (AvgIpc) is 3.44. The number of amides is 1. The summed E-state index contributed by atoms with van der Waals surface area (Å²) in [5.41, 5.74) is 1.31. The third-order valence-electron chi connectivity index (χ3n) is 3.87. The normalized spacial score (nSPS) is 14.1. The van der Waals surface area contributed by atoms with Crippen molar-refractivity contribution in [1.82, 2.24) is 14.9 Å². The molecule has 28 heavy (non-hydrogen) atoms. The van der Waals surface area contributed by atoms with Gasteiger partial charge in [0.15, 0.2) is 0 Å². The smallest absolute Gasteiger partial charge is 0.284 e. The fourth-order valence-electron chi connectivity index (χ4n) is 2.42. The predicted octanol–water partition coefficient (Wildman–Crippen LogP) is 1.95. The van der Waals surface area contributed by atoms with Crippen molar-refractivity contribution in [3.8, 4) is 11.1 Å². The van der Waals surface area contributed by atoms with E-state index in [4.69, 9.17) is 0 Å². The van der Waals surface area contributed by atoms with E-state index in [2.05, 4.69) is 25.0 Å². The number of carbonyl (C=O) groups is 1. The maximum atomic E-state index is 12.8. The minimum absolute atomic E-state index is 0.0386. The van der Waals surface area contributed by atoms with Crippen LogP contribution in [-0.4, -0.2) is 55.7 Å². The van der Waals surface area contributed by atoms with E-state index < -0.39 is 10.0 Å². The van der Waals surface area contributed by atoms with E-state index in [1.807, 2.05) is 0 Å². The van der Waals surface area contributed by atoms with E-state index >= 15 is 0 Å². The van der Waals surface area contributed by atoms with Crippen molar-refractivity contribution >= 4 is 33.9 Å². The zero-order chi connectivity index (χ0) is 20.3. The highest BCUT2D eigenvalue weighted by atomic mass is 32.2. The molecule has 0 radical (unpaired) electrons. The first kappa shape index (κ1) is 19.7. The molecular formula is C18H22N6O3S. The lowest BCUT2D eigenvalue weighted by Crippen LogP contribution is -2.11. The Balaban J connectivity index is 2.02. The van der Waals surface area contributed by atoms with Gasteiger partial charge < -0.3 is 15.5 Å². The molecule has 2 aromatic rings. The molecule has 10 heteroatoms. The highest BCUT2D eigenvalue weighted by Gasteiger charge is 2.23. The van der Waals surface area contributed by atoms with Gasteiger partial charge in [0, 0.05) is 56.3 Å². The molecule has 2 N–H and O–H groups in total. The second kappa shape index (κ2) is 7.93. The van der Waals surface area contributed by atoms with Gasteiger partial charge in [0.2, 0.25) is 11.9 Å². The van der Waals surface area contributed by atoms with Crippen LogP contribution in [0.1, 0.15) is 19.8 Å². The van der Waals surface area contributed by atoms with Gasteiger partial charge in [-0.15, -0.1) is 4.40 Å². The third-order valence-corrected chi connectivity index (χ3v) is 5.14. The van der Waals surface area contributed by atoms with Crippen LogP contribution in [0.4, 0.5) is 11.6 Å². The number of carbonyl (C=O) groups excluding carboxylic acids is 1. The molecule has 0 bridgehead atoms. The largest absolute Gasteiger partial charge is 0.368 e. The number of sulfonamides is 1. The molecule has 1 saturated carbocycles. The number of benzene rings is 1. The Hall–Kier alpha value is -3.01. The Morgan fingerprint density at radius 3 is 2.50 bits per heavy atom. The van der Waals surface area contributed by atoms with Crippen LogP contribution >= 0.6 is 0 Å². The Kier molecular flexibility index (Phi) is 5.59. The molecule has 0 spiro atoms. The maximum absolute atomic E-state index is 12.8. The third kappa shape index (κ3) is 5.03. The predicted molar refractivity (Wildman–Crippen MR) is 108 cm³/mol. The van der Waals surface area contributed by atoms with Crippen molar-refractivity contribution in [2.75, 3.05) is 24.7 Å². The van der Waals surface area contributed by atoms with Crippen LogP contribution < -0.4 is 10.6 Å². The topological polar surface area (TPSA) is 117 Å². The van der Waals surface area contributed by atoms with Crippen LogP contribution in [0.25, 0.3) is 11.1 Å². The van der Waals surface area contributed by atoms with Gasteiger partial charge in [-0.25, -0.2) is 9.97 Å². The highest BCUT2D eigenvalue weighted by Crippen LogP contribution is 2.31. The summed E-state index contributed by atoms with van der Waals surface area (Å²) in [5.74, 6) is 0.211. The molecule has 0 saturated heterocycles. The lowest BCUT2D eigenvalue weighted by atomic mass is 10.1. The minimum atomic E-state index is -4.01. The Bertz CT molecular complexity index is 998. The van der Waals surface area contributed by atoms with Gasteiger partial charge in [-0.2, -0.15) is 8.42 Å². The Morgan fingerprint density at radius 1 is 1.25 bits per heavy atom. The van der Waals surface area contributed by atoms with E-state index in [0.29, 0.717) is 28.8 Å². The molecule has 1 aromatic heterocycles. The quantitative estimate of drug-likeness (QED) is 0.537. The molecule has 3 rings (SSSR count). The second-order valence-electron chi connectivity index (χ2n) is 6.77. The van der Waals surface area contributed by atoms with Gasteiger partial charge in [0.25, 0.3) is 10.0 Å². The van der Waals surface area contributed by atoms with Crippen LogP contribution in [0, 0.1) is 0 Å². The number of rotatable bonds is 7. The summed E-state index contributed by atoms with van der Waals surface area (Å²) in [6.07, 6.45) is 6.55. The fraction of sp³-hybridized carbons (Fsp3) is 0.333. The van der Waals surface area contributed by atoms with Crippen LogP contribution in [0.2, 0.25) is 0 Å². The lowest BCUT2D eigenvalue weighted by molar-refractivity contribution is -0.114. The highest BCUT2D eigenvalue weighted by molar-refractivity contribution is 7.90. The zero-order valence-electron chi connectivity index (χ0n) is 15.9. The maximum Gasteiger partial charge on any atom is 0.284 e. The molecule has 1 heterocycles. The zero-order valence-corrected chi connectivity index (χ0v) is 16.7. The summed E-state index contributed by atoms with van der Waals surface area (Å²) in [4.78, 5) is 21.4. The Labute approximate surface area is 164 Å². The molecule has 1 aliphatic carbocycles. The van der Waals surface area contributed by atoms with Gasteiger partial charge in [0.1, 0.15) is 6.34 Å². The molecule has 1 aromatic carbocycles. The summed E-state index contributed by atoms with van der Waals surface area (Å²) in [6.45, 7) is 1.35. The van der Waals surface area contributed by atoms with E-state index in [1.165, 1.54) is 24.2 Å². The SMILES string of the molecule is CC(=O)Nc1ccc(-c2cnc(NC3CC3)nc2)c(S(=O)(=O)N=CN(C)C)c1. The van der Waals surface area contributed by atoms with E-state index in [0.717, 1.165) is 12.8 Å². The number of hydrogen-bond acceptors (Lipinski definition) is 6. The number of nitrogens with zero attached hydrogens (tertiary/aromatic N) is 4. The van der Waals surface area contributed by atoms with Crippen LogP contribution in [0.5, 0.6) is 0 Å². The average molecular weight is 402 g/mol. The van der Waals surface area contributed by atoms with E-state index in [-0.39, 0.29) is 10.8 Å². The molecule has 0 atom stereocenters. The lowest BCUT2D eigenvalue weighted by Gasteiger charge is -2.12. The summed E-state index contributed by atoms with van der Waals surface area (Å²) >= 11 is 0. The molecular weight excluding hydrogens is 380 g/mol. The van der Waals surface area contributed by atoms with Crippen molar-refractivity contribution in [1.29, 1.82) is 0 Å². The molecule has 0 unspecified atom stereocenters. The van der Waals surface area contributed by atoms with Crippen molar-refractivity contribution < 1.29 is 13.2 Å². The van der Waals surface area contributed by atoms with E-state index in [1.54, 1.807) is 38.6 Å². The summed E-state index contributed by atoms with van der Waals surface area (Å²) in [5, 5.41) is 5.78. The van der Waals surface area contributed by atoms with Gasteiger partial charge in [-0.1, -0.05) is 6.07 Å². The molecule has 9 nitrogen and oxygen atoms in total. The molecule has 1 fully saturated rings. The first-order valence-corrected chi connectivity index (χ1v) is 10.2. The summed E-state index contributed by atoms with van der Waals surface area (Å²) in [6, 6.07) is 5.03. The number of hydrogen-bond donors (Lipinski definition) is 2. The van der Waals surface area contributed by atoms with Crippen molar-refractivity contribution in [2.24, 2.45) is 4.40 Å². The van der Waals surface area contributed by atoms with Crippen LogP contribution in [-0.2, 0) is 14.8 Å². The van der Waals surface area contributed by atoms with Crippen molar-refractivity contribution in [2.45, 2.75) is 30.7 Å². The first-order chi connectivity index (χ1) is 13.2. The van der Waals surface area contributed by atoms with Crippen molar-refractivity contribution in [3.05, 3.63) is 30.6 Å². The fourth-order valence-corrected chi connectivity index (χ4v) is 3.59. The number of anilines is 2.